The predicted molar refractivity (Wildman–Crippen MR) is 103 cm³/mol. The maximum absolute atomic E-state index is 13.3. The molecule has 1 aliphatic heterocycles. The van der Waals surface area contributed by atoms with Crippen LogP contribution in [0.5, 0.6) is 0 Å². The van der Waals surface area contributed by atoms with Crippen LogP contribution in [-0.2, 0) is 10.0 Å². The molecule has 2 aliphatic rings. The van der Waals surface area contributed by atoms with Crippen LogP contribution in [0.3, 0.4) is 0 Å². The quantitative estimate of drug-likeness (QED) is 0.738. The first-order chi connectivity index (χ1) is 11.9. The normalized spacial score (nSPS) is 28.9. The molecular formula is C21H27NO2S. The summed E-state index contributed by atoms with van der Waals surface area (Å²) in [4.78, 5) is 0.387. The van der Waals surface area contributed by atoms with Crippen molar-refractivity contribution < 1.29 is 8.42 Å². The Morgan fingerprint density at radius 1 is 1.20 bits per heavy atom. The van der Waals surface area contributed by atoms with Crippen molar-refractivity contribution in [3.8, 4) is 0 Å². The monoisotopic (exact) mass is 357 g/mol. The molecule has 0 saturated carbocycles. The van der Waals surface area contributed by atoms with Gasteiger partial charge in [-0.15, -0.1) is 6.58 Å². The number of sulfonamides is 1. The molecule has 0 radical (unpaired) electrons. The summed E-state index contributed by atoms with van der Waals surface area (Å²) in [7, 11) is -3.50. The van der Waals surface area contributed by atoms with Crippen molar-refractivity contribution in [2.45, 2.75) is 50.5 Å². The van der Waals surface area contributed by atoms with Gasteiger partial charge in [-0.2, -0.15) is 4.31 Å². The Kier molecular flexibility index (Phi) is 5.30. The lowest BCUT2D eigenvalue weighted by molar-refractivity contribution is 0.332. The Labute approximate surface area is 151 Å². The Bertz CT molecular complexity index is 803. The molecule has 3 rings (SSSR count). The van der Waals surface area contributed by atoms with Gasteiger partial charge < -0.3 is 0 Å². The maximum Gasteiger partial charge on any atom is 0.243 e. The van der Waals surface area contributed by atoms with Crippen LogP contribution in [0.2, 0.25) is 0 Å². The average molecular weight is 358 g/mol. The molecular weight excluding hydrogens is 330 g/mol. The summed E-state index contributed by atoms with van der Waals surface area (Å²) < 4.78 is 28.3. The molecule has 0 bridgehead atoms. The summed E-state index contributed by atoms with van der Waals surface area (Å²) in [5.41, 5.74) is 3.69. The van der Waals surface area contributed by atoms with Crippen LogP contribution in [0.4, 0.5) is 0 Å². The number of allylic oxidation sites excluding steroid dienone is 3. The van der Waals surface area contributed by atoms with Crippen LogP contribution in [-0.4, -0.2) is 25.3 Å². The van der Waals surface area contributed by atoms with Gasteiger partial charge in [0, 0.05) is 12.6 Å². The minimum atomic E-state index is -3.50. The SMILES string of the molecule is C=CC[C@@H]1[C@H]2CC/C=C\C/C(C)=C\2CN1S(=O)(=O)c1ccc(C)cc1. The number of nitrogens with zero attached hydrogens (tertiary/aromatic N) is 1. The first-order valence-corrected chi connectivity index (χ1v) is 10.4. The molecule has 25 heavy (non-hydrogen) atoms. The zero-order valence-corrected chi connectivity index (χ0v) is 15.9. The van der Waals surface area contributed by atoms with E-state index in [1.54, 1.807) is 16.4 Å². The van der Waals surface area contributed by atoms with E-state index < -0.39 is 10.0 Å². The predicted octanol–water partition coefficient (Wildman–Crippen LogP) is 4.62. The lowest BCUT2D eigenvalue weighted by Crippen LogP contribution is -2.37. The van der Waals surface area contributed by atoms with Gasteiger partial charge in [0.05, 0.1) is 4.90 Å². The first kappa shape index (κ1) is 18.2. The molecule has 0 N–H and O–H groups in total. The van der Waals surface area contributed by atoms with Crippen molar-refractivity contribution >= 4 is 10.0 Å². The van der Waals surface area contributed by atoms with E-state index in [2.05, 4.69) is 25.7 Å². The summed E-state index contributed by atoms with van der Waals surface area (Å²) in [6, 6.07) is 7.14. The number of aryl methyl sites for hydroxylation is 1. The number of fused-ring (bicyclic) bond motifs is 1. The van der Waals surface area contributed by atoms with Gasteiger partial charge in [-0.3, -0.25) is 0 Å². The summed E-state index contributed by atoms with van der Waals surface area (Å²) in [5, 5.41) is 0. The molecule has 1 aromatic rings. The number of hydrogen-bond donors (Lipinski definition) is 0. The molecule has 0 aromatic heterocycles. The highest BCUT2D eigenvalue weighted by molar-refractivity contribution is 7.89. The highest BCUT2D eigenvalue weighted by Gasteiger charge is 2.43. The molecule has 134 valence electrons. The van der Waals surface area contributed by atoms with E-state index in [1.807, 2.05) is 25.1 Å². The lowest BCUT2D eigenvalue weighted by Gasteiger charge is -2.27. The molecule has 1 aromatic carbocycles. The minimum Gasteiger partial charge on any atom is -0.207 e. The summed E-state index contributed by atoms with van der Waals surface area (Å²) in [5.74, 6) is 0.295. The fourth-order valence-corrected chi connectivity index (χ4v) is 5.65. The first-order valence-electron chi connectivity index (χ1n) is 8.98. The third kappa shape index (κ3) is 3.51. The minimum absolute atomic E-state index is 0.0275. The largest absolute Gasteiger partial charge is 0.243 e. The van der Waals surface area contributed by atoms with Gasteiger partial charge in [-0.05, 0) is 57.6 Å². The average Bonchev–Trinajstić information content (AvgIpc) is 2.92. The van der Waals surface area contributed by atoms with E-state index in [4.69, 9.17) is 0 Å². The highest BCUT2D eigenvalue weighted by atomic mass is 32.2. The molecule has 1 heterocycles. The van der Waals surface area contributed by atoms with Crippen molar-refractivity contribution in [2.24, 2.45) is 5.92 Å². The molecule has 1 aliphatic carbocycles. The zero-order chi connectivity index (χ0) is 18.0. The van der Waals surface area contributed by atoms with E-state index in [1.165, 1.54) is 11.1 Å². The molecule has 4 heteroatoms. The van der Waals surface area contributed by atoms with E-state index in [0.29, 0.717) is 23.8 Å². The van der Waals surface area contributed by atoms with Gasteiger partial charge in [0.1, 0.15) is 0 Å². The van der Waals surface area contributed by atoms with Crippen LogP contribution >= 0.6 is 0 Å². The molecule has 0 unspecified atom stereocenters. The fraction of sp³-hybridized carbons (Fsp3) is 0.429. The third-order valence-electron chi connectivity index (χ3n) is 5.43. The smallest absolute Gasteiger partial charge is 0.207 e. The molecule has 1 saturated heterocycles. The van der Waals surface area contributed by atoms with Crippen LogP contribution in [0.15, 0.2) is 65.1 Å². The van der Waals surface area contributed by atoms with Gasteiger partial charge in [0.2, 0.25) is 10.0 Å². The van der Waals surface area contributed by atoms with Gasteiger partial charge >= 0.3 is 0 Å². The van der Waals surface area contributed by atoms with Crippen LogP contribution in [0.1, 0.15) is 38.2 Å². The van der Waals surface area contributed by atoms with Crippen molar-refractivity contribution in [1.29, 1.82) is 0 Å². The maximum atomic E-state index is 13.3. The van der Waals surface area contributed by atoms with Gasteiger partial charge in [0.25, 0.3) is 0 Å². The fourth-order valence-electron chi connectivity index (χ4n) is 4.00. The Morgan fingerprint density at radius 3 is 2.60 bits per heavy atom. The van der Waals surface area contributed by atoms with Crippen LogP contribution in [0.25, 0.3) is 0 Å². The second kappa shape index (κ2) is 7.30. The molecule has 2 atom stereocenters. The molecule has 3 nitrogen and oxygen atoms in total. The number of benzene rings is 1. The lowest BCUT2D eigenvalue weighted by atomic mass is 9.85. The Balaban J connectivity index is 2.02. The van der Waals surface area contributed by atoms with E-state index in [0.717, 1.165) is 24.8 Å². The highest BCUT2D eigenvalue weighted by Crippen LogP contribution is 2.41. The van der Waals surface area contributed by atoms with Gasteiger partial charge in [0.15, 0.2) is 0 Å². The summed E-state index contributed by atoms with van der Waals surface area (Å²) in [6.07, 6.45) is 9.91. The van der Waals surface area contributed by atoms with Crippen molar-refractivity contribution in [3.05, 3.63) is 65.8 Å². The molecule has 1 fully saturated rings. The number of rotatable bonds is 4. The van der Waals surface area contributed by atoms with Crippen molar-refractivity contribution in [1.82, 2.24) is 4.31 Å². The molecule has 0 amide bonds. The van der Waals surface area contributed by atoms with Crippen LogP contribution < -0.4 is 0 Å². The Hall–Kier alpha value is -1.65. The number of hydrogen-bond acceptors (Lipinski definition) is 2. The van der Waals surface area contributed by atoms with Gasteiger partial charge in [-0.25, -0.2) is 8.42 Å². The third-order valence-corrected chi connectivity index (χ3v) is 7.31. The second-order valence-corrected chi connectivity index (χ2v) is 9.01. The summed E-state index contributed by atoms with van der Waals surface area (Å²) >= 11 is 0. The van der Waals surface area contributed by atoms with E-state index in [-0.39, 0.29) is 6.04 Å². The van der Waals surface area contributed by atoms with Crippen molar-refractivity contribution in [3.63, 3.8) is 0 Å². The Morgan fingerprint density at radius 2 is 1.92 bits per heavy atom. The van der Waals surface area contributed by atoms with Gasteiger partial charge in [-0.1, -0.05) is 47.1 Å². The zero-order valence-electron chi connectivity index (χ0n) is 15.1. The summed E-state index contributed by atoms with van der Waals surface area (Å²) in [6.45, 7) is 8.50. The van der Waals surface area contributed by atoms with Crippen LogP contribution in [0, 0.1) is 12.8 Å². The second-order valence-electron chi connectivity index (χ2n) is 7.12. The van der Waals surface area contributed by atoms with E-state index in [9.17, 15) is 8.42 Å². The topological polar surface area (TPSA) is 37.4 Å². The molecule has 0 spiro atoms. The van der Waals surface area contributed by atoms with Crippen molar-refractivity contribution in [2.75, 3.05) is 6.54 Å². The van der Waals surface area contributed by atoms with E-state index >= 15 is 0 Å². The standard InChI is InChI=1S/C21H27NO2S/c1-4-8-21-19-10-7-5-6-9-17(3)20(19)15-22(21)25(23,24)18-13-11-16(2)12-14-18/h4-6,11-14,19,21H,1,7-10,15H2,2-3H3/b6-5-,20-17-/t19-,21+/m0/s1.